The summed E-state index contributed by atoms with van der Waals surface area (Å²) in [7, 11) is 0. The second-order valence-corrected chi connectivity index (χ2v) is 5.56. The van der Waals surface area contributed by atoms with Gasteiger partial charge in [-0.3, -0.25) is 19.4 Å². The molecule has 0 unspecified atom stereocenters. The standard InChI is InChI=1S/C16H20N2O4/c1-12(2)11-18-15(20)14(19)17(16(18)21)9-6-10-22-13-7-4-3-5-8-13/h3-5,7-8,12H,6,9-11H2,1-2H3. The summed E-state index contributed by atoms with van der Waals surface area (Å²) in [5.41, 5.74) is 0. The zero-order valence-electron chi connectivity index (χ0n) is 12.8. The molecule has 22 heavy (non-hydrogen) atoms. The second kappa shape index (κ2) is 7.06. The lowest BCUT2D eigenvalue weighted by Gasteiger charge is -2.17. The van der Waals surface area contributed by atoms with E-state index >= 15 is 0 Å². The quantitative estimate of drug-likeness (QED) is 0.438. The fourth-order valence-corrected chi connectivity index (χ4v) is 2.20. The SMILES string of the molecule is CC(C)CN1C(=O)C(=O)N(CCCOc2ccccc2)C1=O. The van der Waals surface area contributed by atoms with Gasteiger partial charge in [0, 0.05) is 13.1 Å². The Morgan fingerprint density at radius 2 is 1.64 bits per heavy atom. The molecular weight excluding hydrogens is 284 g/mol. The lowest BCUT2D eigenvalue weighted by atomic mass is 10.2. The van der Waals surface area contributed by atoms with Crippen molar-refractivity contribution in [2.75, 3.05) is 19.7 Å². The summed E-state index contributed by atoms with van der Waals surface area (Å²) < 4.78 is 5.51. The maximum absolute atomic E-state index is 12.1. The number of carbonyl (C=O) groups is 3. The molecule has 1 fully saturated rings. The molecule has 6 nitrogen and oxygen atoms in total. The van der Waals surface area contributed by atoms with Gasteiger partial charge in [0.25, 0.3) is 0 Å². The van der Waals surface area contributed by atoms with Crippen LogP contribution in [0.1, 0.15) is 20.3 Å². The van der Waals surface area contributed by atoms with Crippen LogP contribution in [0.2, 0.25) is 0 Å². The van der Waals surface area contributed by atoms with E-state index in [1.165, 1.54) is 0 Å². The van der Waals surface area contributed by atoms with Crippen molar-refractivity contribution in [3.8, 4) is 5.75 Å². The molecule has 0 aromatic heterocycles. The van der Waals surface area contributed by atoms with Gasteiger partial charge in [0.1, 0.15) is 5.75 Å². The normalized spacial score (nSPS) is 15.1. The van der Waals surface area contributed by atoms with Crippen molar-refractivity contribution in [3.05, 3.63) is 30.3 Å². The number of ether oxygens (including phenoxy) is 1. The molecule has 0 atom stereocenters. The van der Waals surface area contributed by atoms with E-state index < -0.39 is 17.8 Å². The summed E-state index contributed by atoms with van der Waals surface area (Å²) in [6.45, 7) is 4.60. The van der Waals surface area contributed by atoms with Crippen molar-refractivity contribution >= 4 is 17.8 Å². The summed E-state index contributed by atoms with van der Waals surface area (Å²) in [5, 5.41) is 0. The van der Waals surface area contributed by atoms with E-state index in [9.17, 15) is 14.4 Å². The first kappa shape index (κ1) is 16.0. The Hall–Kier alpha value is -2.37. The fraction of sp³-hybridized carbons (Fsp3) is 0.438. The molecule has 0 radical (unpaired) electrons. The lowest BCUT2D eigenvalue weighted by Crippen LogP contribution is -2.36. The zero-order chi connectivity index (χ0) is 16.1. The third-order valence-electron chi connectivity index (χ3n) is 3.22. The second-order valence-electron chi connectivity index (χ2n) is 5.56. The van der Waals surface area contributed by atoms with E-state index in [2.05, 4.69) is 0 Å². The van der Waals surface area contributed by atoms with Crippen LogP contribution in [0.4, 0.5) is 4.79 Å². The van der Waals surface area contributed by atoms with Crippen LogP contribution in [0.5, 0.6) is 5.75 Å². The van der Waals surface area contributed by atoms with E-state index in [-0.39, 0.29) is 19.0 Å². The molecule has 1 aliphatic heterocycles. The highest BCUT2D eigenvalue weighted by Gasteiger charge is 2.43. The molecule has 0 bridgehead atoms. The summed E-state index contributed by atoms with van der Waals surface area (Å²) >= 11 is 0. The van der Waals surface area contributed by atoms with Crippen LogP contribution in [0.15, 0.2) is 30.3 Å². The Labute approximate surface area is 129 Å². The Morgan fingerprint density at radius 3 is 2.27 bits per heavy atom. The monoisotopic (exact) mass is 304 g/mol. The van der Waals surface area contributed by atoms with Gasteiger partial charge in [-0.05, 0) is 24.5 Å². The van der Waals surface area contributed by atoms with Crippen molar-refractivity contribution in [2.45, 2.75) is 20.3 Å². The predicted octanol–water partition coefficient (Wildman–Crippen LogP) is 1.90. The van der Waals surface area contributed by atoms with Crippen LogP contribution in [0.3, 0.4) is 0 Å². The molecule has 6 heteroatoms. The molecule has 0 aliphatic carbocycles. The van der Waals surface area contributed by atoms with Gasteiger partial charge in [-0.25, -0.2) is 4.79 Å². The largest absolute Gasteiger partial charge is 0.494 e. The molecule has 1 aromatic rings. The van der Waals surface area contributed by atoms with E-state index in [1.807, 2.05) is 44.2 Å². The fourth-order valence-electron chi connectivity index (χ4n) is 2.20. The van der Waals surface area contributed by atoms with Gasteiger partial charge in [0.2, 0.25) is 0 Å². The smallest absolute Gasteiger partial charge is 0.334 e. The molecule has 0 spiro atoms. The highest BCUT2D eigenvalue weighted by molar-refractivity contribution is 6.44. The van der Waals surface area contributed by atoms with E-state index in [1.54, 1.807) is 0 Å². The van der Waals surface area contributed by atoms with E-state index in [0.717, 1.165) is 15.5 Å². The summed E-state index contributed by atoms with van der Waals surface area (Å²) in [6, 6.07) is 8.77. The molecule has 118 valence electrons. The Morgan fingerprint density at radius 1 is 1.00 bits per heavy atom. The highest BCUT2D eigenvalue weighted by Crippen LogP contribution is 2.15. The third kappa shape index (κ3) is 3.63. The van der Waals surface area contributed by atoms with Crippen molar-refractivity contribution < 1.29 is 19.1 Å². The number of nitrogens with zero attached hydrogens (tertiary/aromatic N) is 2. The predicted molar refractivity (Wildman–Crippen MR) is 80.2 cm³/mol. The maximum Gasteiger partial charge on any atom is 0.334 e. The van der Waals surface area contributed by atoms with Gasteiger partial charge < -0.3 is 4.74 Å². The molecular formula is C16H20N2O4. The third-order valence-corrected chi connectivity index (χ3v) is 3.22. The number of hydrogen-bond acceptors (Lipinski definition) is 4. The van der Waals surface area contributed by atoms with Crippen LogP contribution >= 0.6 is 0 Å². The van der Waals surface area contributed by atoms with Gasteiger partial charge in [-0.2, -0.15) is 0 Å². The first-order valence-electron chi connectivity index (χ1n) is 7.36. The van der Waals surface area contributed by atoms with Crippen molar-refractivity contribution in [3.63, 3.8) is 0 Å². The molecule has 4 amide bonds. The van der Waals surface area contributed by atoms with Crippen molar-refractivity contribution in [1.82, 2.24) is 9.80 Å². The van der Waals surface area contributed by atoms with Gasteiger partial charge in [0.05, 0.1) is 6.61 Å². The minimum Gasteiger partial charge on any atom is -0.494 e. The molecule has 1 aromatic carbocycles. The average molecular weight is 304 g/mol. The Kier molecular flexibility index (Phi) is 5.14. The molecule has 0 saturated carbocycles. The molecule has 1 heterocycles. The van der Waals surface area contributed by atoms with Crippen LogP contribution in [0.25, 0.3) is 0 Å². The number of amides is 4. The summed E-state index contributed by atoms with van der Waals surface area (Å²) in [5.74, 6) is -0.616. The number of imide groups is 2. The Bertz CT molecular complexity index is 557. The van der Waals surface area contributed by atoms with Crippen LogP contribution < -0.4 is 4.74 Å². The average Bonchev–Trinajstić information content (AvgIpc) is 2.69. The number of para-hydroxylation sites is 1. The molecule has 1 saturated heterocycles. The Balaban J connectivity index is 1.83. The number of benzene rings is 1. The number of hydrogen-bond donors (Lipinski definition) is 0. The molecule has 0 N–H and O–H groups in total. The van der Waals surface area contributed by atoms with Crippen LogP contribution in [0, 0.1) is 5.92 Å². The minimum absolute atomic E-state index is 0.127. The number of carbonyl (C=O) groups excluding carboxylic acids is 3. The molecule has 2 rings (SSSR count). The first-order valence-corrected chi connectivity index (χ1v) is 7.36. The minimum atomic E-state index is -0.745. The first-order chi connectivity index (χ1) is 10.5. The summed E-state index contributed by atoms with van der Waals surface area (Å²) in [6.07, 6.45) is 0.481. The number of rotatable bonds is 7. The van der Waals surface area contributed by atoms with Gasteiger partial charge in [-0.15, -0.1) is 0 Å². The van der Waals surface area contributed by atoms with Gasteiger partial charge in [0.15, 0.2) is 0 Å². The zero-order valence-corrected chi connectivity index (χ0v) is 12.8. The van der Waals surface area contributed by atoms with Crippen molar-refractivity contribution in [2.24, 2.45) is 5.92 Å². The molecule has 1 aliphatic rings. The lowest BCUT2D eigenvalue weighted by molar-refractivity contribution is -0.143. The van der Waals surface area contributed by atoms with Crippen LogP contribution in [-0.4, -0.2) is 47.3 Å². The van der Waals surface area contributed by atoms with Crippen LogP contribution in [-0.2, 0) is 9.59 Å². The summed E-state index contributed by atoms with van der Waals surface area (Å²) in [4.78, 5) is 37.8. The van der Waals surface area contributed by atoms with E-state index in [0.29, 0.717) is 13.0 Å². The van der Waals surface area contributed by atoms with Gasteiger partial charge >= 0.3 is 17.8 Å². The van der Waals surface area contributed by atoms with Crippen molar-refractivity contribution in [1.29, 1.82) is 0 Å². The van der Waals surface area contributed by atoms with Gasteiger partial charge in [-0.1, -0.05) is 32.0 Å². The maximum atomic E-state index is 12.1. The topological polar surface area (TPSA) is 66.9 Å². The number of urea groups is 1. The highest BCUT2D eigenvalue weighted by atomic mass is 16.5. The van der Waals surface area contributed by atoms with E-state index in [4.69, 9.17) is 4.74 Å².